The zero-order chi connectivity index (χ0) is 9.14. The SMILES string of the molecule is O=[As]c1ccc(Cl)c([N+](=O)[O-])c1. The molecular weight excluding hydrogens is 244 g/mol. The van der Waals surface area contributed by atoms with Crippen LogP contribution in [0.25, 0.3) is 0 Å². The summed E-state index contributed by atoms with van der Waals surface area (Å²) in [7, 11) is 0. The van der Waals surface area contributed by atoms with Gasteiger partial charge in [-0.1, -0.05) is 0 Å². The van der Waals surface area contributed by atoms with Gasteiger partial charge in [0.25, 0.3) is 0 Å². The van der Waals surface area contributed by atoms with Crippen molar-refractivity contribution in [1.82, 2.24) is 0 Å². The van der Waals surface area contributed by atoms with Crippen LogP contribution in [-0.4, -0.2) is 20.6 Å². The summed E-state index contributed by atoms with van der Waals surface area (Å²) in [5.74, 6) is 0. The Morgan fingerprint density at radius 1 is 1.50 bits per heavy atom. The summed E-state index contributed by atoms with van der Waals surface area (Å²) >= 11 is 4.29. The molecule has 0 N–H and O–H groups in total. The van der Waals surface area contributed by atoms with E-state index in [1.807, 2.05) is 0 Å². The zero-order valence-corrected chi connectivity index (χ0v) is 8.36. The van der Waals surface area contributed by atoms with Crippen molar-refractivity contribution in [2.24, 2.45) is 0 Å². The third-order valence-electron chi connectivity index (χ3n) is 1.23. The normalized spacial score (nSPS) is 10.1. The van der Waals surface area contributed by atoms with E-state index in [0.717, 1.165) is 0 Å². The second-order valence-electron chi connectivity index (χ2n) is 1.98. The predicted octanol–water partition coefficient (Wildman–Crippen LogP) is 0.923. The molecule has 0 saturated carbocycles. The molecule has 0 fully saturated rings. The van der Waals surface area contributed by atoms with Crippen LogP contribution in [-0.2, 0) is 3.74 Å². The molecule has 0 aliphatic carbocycles. The average molecular weight is 247 g/mol. The molecule has 0 aliphatic heterocycles. The first-order valence-corrected chi connectivity index (χ1v) is 5.00. The fraction of sp³-hybridized carbons (Fsp3) is 0. The van der Waals surface area contributed by atoms with Crippen LogP contribution >= 0.6 is 11.6 Å². The van der Waals surface area contributed by atoms with Gasteiger partial charge >= 0.3 is 79.3 Å². The molecule has 6 heteroatoms. The molecule has 0 atom stereocenters. The van der Waals surface area contributed by atoms with Crippen LogP contribution in [0.2, 0.25) is 5.02 Å². The van der Waals surface area contributed by atoms with Crippen LogP contribution in [0.15, 0.2) is 18.2 Å². The number of rotatable bonds is 2. The number of nitro benzene ring substituents is 1. The topological polar surface area (TPSA) is 60.2 Å². The molecule has 1 aromatic rings. The van der Waals surface area contributed by atoms with Crippen LogP contribution in [0.3, 0.4) is 0 Å². The number of hydrogen-bond acceptors (Lipinski definition) is 3. The fourth-order valence-electron chi connectivity index (χ4n) is 0.698. The summed E-state index contributed by atoms with van der Waals surface area (Å²) in [4.78, 5) is 9.72. The third kappa shape index (κ3) is 1.90. The molecule has 0 spiro atoms. The van der Waals surface area contributed by atoms with Crippen molar-refractivity contribution < 1.29 is 8.66 Å². The molecule has 0 radical (unpaired) electrons. The second kappa shape index (κ2) is 3.78. The van der Waals surface area contributed by atoms with Gasteiger partial charge in [0.05, 0.1) is 0 Å². The van der Waals surface area contributed by atoms with E-state index in [-0.39, 0.29) is 10.7 Å². The molecule has 0 bridgehead atoms. The van der Waals surface area contributed by atoms with E-state index in [0.29, 0.717) is 4.35 Å². The molecule has 0 aliphatic rings. The summed E-state index contributed by atoms with van der Waals surface area (Å²) in [5, 5.41) is 10.4. The maximum atomic E-state index is 10.4. The van der Waals surface area contributed by atoms with Gasteiger partial charge in [-0.25, -0.2) is 0 Å². The first-order valence-electron chi connectivity index (χ1n) is 2.92. The summed E-state index contributed by atoms with van der Waals surface area (Å²) in [6.07, 6.45) is 0. The van der Waals surface area contributed by atoms with Gasteiger partial charge in [0.15, 0.2) is 0 Å². The predicted molar refractivity (Wildman–Crippen MR) is 44.2 cm³/mol. The molecule has 4 nitrogen and oxygen atoms in total. The van der Waals surface area contributed by atoms with Gasteiger partial charge in [-0.3, -0.25) is 0 Å². The van der Waals surface area contributed by atoms with Gasteiger partial charge in [-0.2, -0.15) is 0 Å². The van der Waals surface area contributed by atoms with E-state index in [2.05, 4.69) is 0 Å². The van der Waals surface area contributed by atoms with E-state index in [9.17, 15) is 13.9 Å². The first-order chi connectivity index (χ1) is 5.65. The number of nitro groups is 1. The summed E-state index contributed by atoms with van der Waals surface area (Å²) < 4.78 is 10.9. The van der Waals surface area contributed by atoms with Gasteiger partial charge in [0.2, 0.25) is 0 Å². The fourth-order valence-corrected chi connectivity index (χ4v) is 1.54. The quantitative estimate of drug-likeness (QED) is 0.444. The Morgan fingerprint density at radius 2 is 2.17 bits per heavy atom. The van der Waals surface area contributed by atoms with Gasteiger partial charge in [0, 0.05) is 0 Å². The Hall–Kier alpha value is -0.732. The molecule has 12 heavy (non-hydrogen) atoms. The number of halogens is 1. The van der Waals surface area contributed by atoms with Crippen LogP contribution in [0.4, 0.5) is 5.69 Å². The zero-order valence-electron chi connectivity index (χ0n) is 5.73. The van der Waals surface area contributed by atoms with E-state index < -0.39 is 20.6 Å². The Labute approximate surface area is 79.6 Å². The number of hydrogen-bond donors (Lipinski definition) is 0. The van der Waals surface area contributed by atoms with Crippen LogP contribution in [0, 0.1) is 10.1 Å². The average Bonchev–Trinajstić information content (AvgIpc) is 2.05. The van der Waals surface area contributed by atoms with Crippen molar-refractivity contribution in [2.45, 2.75) is 0 Å². The van der Waals surface area contributed by atoms with Crippen molar-refractivity contribution in [1.29, 1.82) is 0 Å². The minimum atomic E-state index is -1.23. The van der Waals surface area contributed by atoms with Crippen LogP contribution in [0.1, 0.15) is 0 Å². The number of benzene rings is 1. The summed E-state index contributed by atoms with van der Waals surface area (Å²) in [6.45, 7) is 0. The maximum absolute atomic E-state index is 10.4. The standard InChI is InChI=1S/C6H3AsClNO3/c8-5-2-1-4(7-10)3-6(5)9(11)12/h1-3H. The summed E-state index contributed by atoms with van der Waals surface area (Å²) in [5.41, 5.74) is -0.194. The molecule has 0 saturated heterocycles. The monoisotopic (exact) mass is 247 g/mol. The summed E-state index contributed by atoms with van der Waals surface area (Å²) in [6, 6.07) is 4.13. The number of nitrogens with zero attached hydrogens (tertiary/aromatic N) is 1. The molecular formula is C6H3AsClNO3. The Morgan fingerprint density at radius 3 is 2.67 bits per heavy atom. The van der Waals surface area contributed by atoms with Crippen molar-refractivity contribution >= 4 is 37.3 Å². The Bertz CT molecular complexity index is 342. The second-order valence-corrected chi connectivity index (χ2v) is 3.86. The minimum absolute atomic E-state index is 0.0680. The molecule has 0 unspecified atom stereocenters. The molecule has 0 heterocycles. The Balaban J connectivity index is 3.25. The Kier molecular flexibility index (Phi) is 2.95. The van der Waals surface area contributed by atoms with Crippen molar-refractivity contribution in [3.05, 3.63) is 33.3 Å². The van der Waals surface area contributed by atoms with E-state index in [4.69, 9.17) is 11.6 Å². The van der Waals surface area contributed by atoms with Gasteiger partial charge in [-0.05, 0) is 0 Å². The van der Waals surface area contributed by atoms with Crippen molar-refractivity contribution in [3.8, 4) is 0 Å². The van der Waals surface area contributed by atoms with Gasteiger partial charge in [0.1, 0.15) is 0 Å². The van der Waals surface area contributed by atoms with Crippen LogP contribution < -0.4 is 4.35 Å². The molecule has 1 aromatic carbocycles. The van der Waals surface area contributed by atoms with E-state index in [1.54, 1.807) is 0 Å². The molecule has 0 amide bonds. The molecule has 62 valence electrons. The van der Waals surface area contributed by atoms with Crippen molar-refractivity contribution in [2.75, 3.05) is 0 Å². The van der Waals surface area contributed by atoms with Gasteiger partial charge < -0.3 is 0 Å². The first kappa shape index (κ1) is 9.36. The molecule has 1 rings (SSSR count). The van der Waals surface area contributed by atoms with Crippen molar-refractivity contribution in [3.63, 3.8) is 0 Å². The van der Waals surface area contributed by atoms with Gasteiger partial charge in [-0.15, -0.1) is 0 Å². The third-order valence-corrected chi connectivity index (χ3v) is 2.58. The molecule has 0 aromatic heterocycles. The van der Waals surface area contributed by atoms with E-state index in [1.165, 1.54) is 18.2 Å². The van der Waals surface area contributed by atoms with E-state index >= 15 is 0 Å². The van der Waals surface area contributed by atoms with Crippen LogP contribution in [0.5, 0.6) is 0 Å².